The van der Waals surface area contributed by atoms with E-state index in [2.05, 4.69) is 6.92 Å². The zero-order valence-corrected chi connectivity index (χ0v) is 22.6. The van der Waals surface area contributed by atoms with Crippen molar-refractivity contribution in [3.63, 3.8) is 0 Å². The molecule has 11 heteroatoms. The lowest BCUT2D eigenvalue weighted by Gasteiger charge is -2.38. The van der Waals surface area contributed by atoms with Gasteiger partial charge in [-0.1, -0.05) is 51.5 Å². The molecule has 2 fully saturated rings. The lowest BCUT2D eigenvalue weighted by atomic mass is 9.68. The van der Waals surface area contributed by atoms with E-state index >= 15 is 0 Å². The Bertz CT molecular complexity index is 941. The smallest absolute Gasteiger partial charge is 0.482 e. The second-order valence-corrected chi connectivity index (χ2v) is 14.0. The van der Waals surface area contributed by atoms with Crippen molar-refractivity contribution in [2.75, 3.05) is 6.61 Å². The van der Waals surface area contributed by atoms with Gasteiger partial charge in [0.2, 0.25) is 5.82 Å². The van der Waals surface area contributed by atoms with Crippen molar-refractivity contribution in [3.05, 3.63) is 29.3 Å². The molecule has 0 spiro atoms. The molecule has 1 aromatic rings. The Balaban J connectivity index is 1.55. The van der Waals surface area contributed by atoms with Crippen LogP contribution in [-0.4, -0.2) is 31.5 Å². The summed E-state index contributed by atoms with van der Waals surface area (Å²) in [7, 11) is -9.27. The van der Waals surface area contributed by atoms with Crippen molar-refractivity contribution in [2.24, 2.45) is 17.8 Å². The van der Waals surface area contributed by atoms with Crippen LogP contribution in [0.1, 0.15) is 95.5 Å². The molecule has 0 amide bonds. The molecule has 2 saturated carbocycles. The predicted octanol–water partition coefficient (Wildman–Crippen LogP) is 6.56. The third-order valence-corrected chi connectivity index (χ3v) is 11.4. The van der Waals surface area contributed by atoms with Gasteiger partial charge >= 0.3 is 20.7 Å². The summed E-state index contributed by atoms with van der Waals surface area (Å²) in [6, 6.07) is 2.51. The topological polar surface area (TPSA) is 124 Å². The minimum Gasteiger partial charge on any atom is -0.482 e. The van der Waals surface area contributed by atoms with Gasteiger partial charge in [-0.3, -0.25) is 4.57 Å². The highest BCUT2D eigenvalue weighted by molar-refractivity contribution is 7.66. The van der Waals surface area contributed by atoms with Gasteiger partial charge in [-0.25, -0.2) is 4.39 Å². The Morgan fingerprint density at radius 1 is 1.00 bits per heavy atom. The largest absolute Gasteiger partial charge is 0.558 e. The molecule has 36 heavy (non-hydrogen) atoms. The molecular formula is C25H39F2O7P2+. The van der Waals surface area contributed by atoms with Gasteiger partial charge in [-0.05, 0) is 78.4 Å². The van der Waals surface area contributed by atoms with E-state index in [9.17, 15) is 23.0 Å². The number of benzene rings is 1. The number of rotatable bonds is 11. The zero-order valence-electron chi connectivity index (χ0n) is 20.8. The molecule has 2 atom stereocenters. The normalized spacial score (nSPS) is 27.4. The second-order valence-electron chi connectivity index (χ2n) is 10.5. The van der Waals surface area contributed by atoms with E-state index < -0.39 is 44.7 Å². The highest BCUT2D eigenvalue weighted by atomic mass is 31.2. The zero-order chi connectivity index (χ0) is 26.5. The van der Waals surface area contributed by atoms with Gasteiger partial charge in [0, 0.05) is 0 Å². The van der Waals surface area contributed by atoms with E-state index in [0.29, 0.717) is 5.92 Å². The van der Waals surface area contributed by atoms with E-state index in [1.165, 1.54) is 57.4 Å². The molecule has 0 aliphatic heterocycles. The number of ether oxygens (including phenoxy) is 1. The summed E-state index contributed by atoms with van der Waals surface area (Å²) in [6.45, 7) is 0.860. The fourth-order valence-corrected chi connectivity index (χ4v) is 7.23. The Labute approximate surface area is 212 Å². The Morgan fingerprint density at radius 2 is 1.58 bits per heavy atom. The number of halogens is 2. The maximum atomic E-state index is 14.9. The van der Waals surface area contributed by atoms with Crippen molar-refractivity contribution >= 4 is 15.6 Å². The molecule has 3 rings (SSSR count). The van der Waals surface area contributed by atoms with E-state index in [0.717, 1.165) is 43.6 Å². The molecule has 0 heterocycles. The van der Waals surface area contributed by atoms with E-state index in [1.807, 2.05) is 0 Å². The lowest BCUT2D eigenvalue weighted by molar-refractivity contribution is 0.0963. The first-order valence-corrected chi connectivity index (χ1v) is 15.8. The maximum absolute atomic E-state index is 14.9. The molecule has 7 nitrogen and oxygen atoms in total. The fraction of sp³-hybridized carbons (Fsp3) is 0.760. The summed E-state index contributed by atoms with van der Waals surface area (Å²) >= 11 is 0. The summed E-state index contributed by atoms with van der Waals surface area (Å²) < 4.78 is 57.1. The molecule has 0 saturated heterocycles. The van der Waals surface area contributed by atoms with Crippen LogP contribution in [0.4, 0.5) is 8.78 Å². The van der Waals surface area contributed by atoms with Crippen molar-refractivity contribution in [2.45, 2.75) is 95.0 Å². The number of hydrogen-bond acceptors (Lipinski definition) is 4. The Morgan fingerprint density at radius 3 is 2.11 bits per heavy atom. The molecule has 2 aliphatic rings. The first-order chi connectivity index (χ1) is 17.0. The van der Waals surface area contributed by atoms with Crippen LogP contribution in [0.5, 0.6) is 5.75 Å². The summed E-state index contributed by atoms with van der Waals surface area (Å²) in [5, 5.41) is 6.44. The van der Waals surface area contributed by atoms with Gasteiger partial charge in [0.15, 0.2) is 18.2 Å². The van der Waals surface area contributed by atoms with Crippen LogP contribution in [0.3, 0.4) is 0 Å². The van der Waals surface area contributed by atoms with Gasteiger partial charge < -0.3 is 19.6 Å². The van der Waals surface area contributed by atoms with E-state index in [-0.39, 0.29) is 11.5 Å². The van der Waals surface area contributed by atoms with E-state index in [1.54, 1.807) is 0 Å². The van der Waals surface area contributed by atoms with Crippen LogP contribution in [0.15, 0.2) is 12.1 Å². The van der Waals surface area contributed by atoms with Crippen molar-refractivity contribution in [1.29, 1.82) is 0 Å². The SMILES string of the molecule is CCCCCC1CCC(C2CCC(c3ccc(OCC(O)([P+](=O)O)P(=O)(O)O)c(F)c3F)CC2)CC1. The summed E-state index contributed by atoms with van der Waals surface area (Å²) in [4.78, 5) is 27.4. The fourth-order valence-electron chi connectivity index (χ4n) is 5.93. The molecule has 1 aromatic carbocycles. The molecule has 2 aliphatic carbocycles. The third-order valence-electron chi connectivity index (χ3n) is 8.26. The quantitative estimate of drug-likeness (QED) is 0.181. The average molecular weight is 552 g/mol. The van der Waals surface area contributed by atoms with Gasteiger partial charge in [-0.15, -0.1) is 0 Å². The van der Waals surface area contributed by atoms with Crippen LogP contribution in [0.25, 0.3) is 0 Å². The minimum absolute atomic E-state index is 0.130. The Kier molecular flexibility index (Phi) is 10.5. The number of unbranched alkanes of at least 4 members (excludes halogenated alkanes) is 2. The first kappa shape index (κ1) is 29.6. The average Bonchev–Trinajstić information content (AvgIpc) is 2.85. The van der Waals surface area contributed by atoms with Gasteiger partial charge in [-0.2, -0.15) is 9.28 Å². The molecule has 0 radical (unpaired) electrons. The summed E-state index contributed by atoms with van der Waals surface area (Å²) in [5.74, 6) is -1.07. The van der Waals surface area contributed by atoms with Gasteiger partial charge in [0.05, 0.1) is 0 Å². The molecule has 0 bridgehead atoms. The monoisotopic (exact) mass is 551 g/mol. The third kappa shape index (κ3) is 6.92. The van der Waals surface area contributed by atoms with E-state index in [4.69, 9.17) is 19.4 Å². The predicted molar refractivity (Wildman–Crippen MR) is 133 cm³/mol. The highest BCUT2D eigenvalue weighted by Crippen LogP contribution is 2.60. The van der Waals surface area contributed by atoms with Gasteiger partial charge in [0.1, 0.15) is 0 Å². The number of hydrogen-bond donors (Lipinski definition) is 4. The first-order valence-electron chi connectivity index (χ1n) is 13.0. The second kappa shape index (κ2) is 12.7. The standard InChI is InChI=1S/C25H38F2O7P2/c1-2-3-4-5-17-6-8-18(9-7-17)19-10-12-20(13-11-19)21-14-15-22(24(27)23(21)26)34-16-25(28,35(29)30)36(31,32)33/h14-15,17-20,28H,2-13,16H2,1H3,(H2-,29,30,31,32,33)/p+1. The van der Waals surface area contributed by atoms with Crippen molar-refractivity contribution in [3.8, 4) is 5.75 Å². The highest BCUT2D eigenvalue weighted by Gasteiger charge is 2.64. The van der Waals surface area contributed by atoms with Crippen LogP contribution >= 0.6 is 15.6 Å². The van der Waals surface area contributed by atoms with Crippen LogP contribution in [0.2, 0.25) is 0 Å². The minimum atomic E-state index is -5.49. The van der Waals surface area contributed by atoms with Crippen LogP contribution in [-0.2, 0) is 9.13 Å². The van der Waals surface area contributed by atoms with Crippen LogP contribution < -0.4 is 4.74 Å². The van der Waals surface area contributed by atoms with Crippen molar-refractivity contribution in [1.82, 2.24) is 0 Å². The lowest BCUT2D eigenvalue weighted by Crippen LogP contribution is -2.32. The Hall–Kier alpha value is -0.950. The molecular weight excluding hydrogens is 512 g/mol. The summed E-state index contributed by atoms with van der Waals surface area (Å²) in [6.07, 6.45) is 13.9. The summed E-state index contributed by atoms with van der Waals surface area (Å²) in [5.41, 5.74) is 0.233. The molecule has 2 unspecified atom stereocenters. The van der Waals surface area contributed by atoms with Gasteiger partial charge in [0.25, 0.3) is 0 Å². The number of aliphatic hydroxyl groups is 1. The van der Waals surface area contributed by atoms with Crippen molar-refractivity contribution < 1.29 is 42.4 Å². The molecule has 4 N–H and O–H groups in total. The molecule has 0 aromatic heterocycles. The maximum Gasteiger partial charge on any atom is 0.558 e. The molecule has 204 valence electrons. The van der Waals surface area contributed by atoms with Crippen LogP contribution in [0, 0.1) is 29.4 Å².